The van der Waals surface area contributed by atoms with Crippen LogP contribution < -0.4 is 5.32 Å². The first-order chi connectivity index (χ1) is 7.07. The average Bonchev–Trinajstić information content (AvgIpc) is 2.97. The summed E-state index contributed by atoms with van der Waals surface area (Å²) in [4.78, 5) is 2.75. The maximum absolute atomic E-state index is 3.71. The Bertz CT molecular complexity index is 223. The van der Waals surface area contributed by atoms with Crippen LogP contribution >= 0.6 is 0 Å². The fraction of sp³-hybridized carbons (Fsp3) is 1.00. The SMILES string of the molecule is CCC(C)C1CN(C2(C)CC2)C(C)CN1. The van der Waals surface area contributed by atoms with Gasteiger partial charge in [-0.05, 0) is 32.6 Å². The molecule has 1 heterocycles. The lowest BCUT2D eigenvalue weighted by Crippen LogP contribution is -2.60. The van der Waals surface area contributed by atoms with Crippen molar-refractivity contribution in [3.8, 4) is 0 Å². The summed E-state index contributed by atoms with van der Waals surface area (Å²) in [7, 11) is 0. The lowest BCUT2D eigenvalue weighted by Gasteiger charge is -2.44. The zero-order valence-corrected chi connectivity index (χ0v) is 10.7. The molecule has 15 heavy (non-hydrogen) atoms. The number of nitrogens with one attached hydrogen (secondary N) is 1. The Morgan fingerprint density at radius 2 is 2.13 bits per heavy atom. The van der Waals surface area contributed by atoms with E-state index in [1.807, 2.05) is 0 Å². The van der Waals surface area contributed by atoms with Crippen molar-refractivity contribution < 1.29 is 0 Å². The highest BCUT2D eigenvalue weighted by molar-refractivity contribution is 5.04. The second-order valence-corrected chi connectivity index (χ2v) is 5.90. The van der Waals surface area contributed by atoms with Crippen LogP contribution in [-0.4, -0.2) is 35.6 Å². The van der Waals surface area contributed by atoms with Gasteiger partial charge in [0.1, 0.15) is 0 Å². The van der Waals surface area contributed by atoms with E-state index in [0.717, 1.165) is 12.0 Å². The van der Waals surface area contributed by atoms with Crippen LogP contribution in [0.15, 0.2) is 0 Å². The molecule has 0 radical (unpaired) electrons. The van der Waals surface area contributed by atoms with E-state index in [2.05, 4.69) is 37.9 Å². The monoisotopic (exact) mass is 210 g/mol. The summed E-state index contributed by atoms with van der Waals surface area (Å²) in [5, 5.41) is 3.71. The number of nitrogens with zero attached hydrogens (tertiary/aromatic N) is 1. The van der Waals surface area contributed by atoms with Crippen LogP contribution in [0.25, 0.3) is 0 Å². The maximum Gasteiger partial charge on any atom is 0.0221 e. The topological polar surface area (TPSA) is 15.3 Å². The van der Waals surface area contributed by atoms with E-state index in [-0.39, 0.29) is 0 Å². The molecular formula is C13H26N2. The molecule has 3 unspecified atom stereocenters. The van der Waals surface area contributed by atoms with Gasteiger partial charge in [0.05, 0.1) is 0 Å². The van der Waals surface area contributed by atoms with Crippen molar-refractivity contribution >= 4 is 0 Å². The Kier molecular flexibility index (Phi) is 3.09. The second kappa shape index (κ2) is 4.06. The van der Waals surface area contributed by atoms with Crippen LogP contribution in [0.4, 0.5) is 0 Å². The molecule has 3 atom stereocenters. The Hall–Kier alpha value is -0.0800. The highest BCUT2D eigenvalue weighted by atomic mass is 15.3. The van der Waals surface area contributed by atoms with Crippen LogP contribution in [0.1, 0.15) is 47.0 Å². The Balaban J connectivity index is 1.98. The van der Waals surface area contributed by atoms with Crippen LogP contribution in [0.5, 0.6) is 0 Å². The molecule has 0 aromatic heterocycles. The molecule has 2 fully saturated rings. The molecule has 1 saturated carbocycles. The summed E-state index contributed by atoms with van der Waals surface area (Å²) in [5.74, 6) is 0.808. The van der Waals surface area contributed by atoms with Gasteiger partial charge >= 0.3 is 0 Å². The zero-order valence-electron chi connectivity index (χ0n) is 10.7. The van der Waals surface area contributed by atoms with Gasteiger partial charge in [-0.1, -0.05) is 20.3 Å². The molecule has 2 rings (SSSR count). The quantitative estimate of drug-likeness (QED) is 0.768. The first-order valence-electron chi connectivity index (χ1n) is 6.57. The van der Waals surface area contributed by atoms with E-state index in [9.17, 15) is 0 Å². The Morgan fingerprint density at radius 1 is 1.47 bits per heavy atom. The van der Waals surface area contributed by atoms with Crippen LogP contribution in [-0.2, 0) is 0 Å². The summed E-state index contributed by atoms with van der Waals surface area (Å²) in [6.45, 7) is 11.9. The highest BCUT2D eigenvalue weighted by Gasteiger charge is 2.47. The Labute approximate surface area is 94.4 Å². The van der Waals surface area contributed by atoms with Gasteiger partial charge in [-0.2, -0.15) is 0 Å². The molecular weight excluding hydrogens is 184 g/mol. The van der Waals surface area contributed by atoms with E-state index in [1.165, 1.54) is 32.4 Å². The molecule has 0 bridgehead atoms. The van der Waals surface area contributed by atoms with E-state index >= 15 is 0 Å². The van der Waals surface area contributed by atoms with Gasteiger partial charge in [-0.3, -0.25) is 4.90 Å². The highest BCUT2D eigenvalue weighted by Crippen LogP contribution is 2.43. The minimum Gasteiger partial charge on any atom is -0.311 e. The zero-order chi connectivity index (χ0) is 11.1. The van der Waals surface area contributed by atoms with E-state index < -0.39 is 0 Å². The van der Waals surface area contributed by atoms with Gasteiger partial charge in [0.2, 0.25) is 0 Å². The van der Waals surface area contributed by atoms with Crippen molar-refractivity contribution in [3.05, 3.63) is 0 Å². The molecule has 1 N–H and O–H groups in total. The van der Waals surface area contributed by atoms with Crippen molar-refractivity contribution in [1.29, 1.82) is 0 Å². The first kappa shape index (κ1) is 11.4. The van der Waals surface area contributed by atoms with E-state index in [4.69, 9.17) is 0 Å². The van der Waals surface area contributed by atoms with Gasteiger partial charge in [-0.15, -0.1) is 0 Å². The van der Waals surface area contributed by atoms with Crippen molar-refractivity contribution in [3.63, 3.8) is 0 Å². The first-order valence-corrected chi connectivity index (χ1v) is 6.57. The maximum atomic E-state index is 3.71. The molecule has 0 amide bonds. The van der Waals surface area contributed by atoms with Gasteiger partial charge in [0, 0.05) is 30.7 Å². The minimum absolute atomic E-state index is 0.549. The number of piperazine rings is 1. The molecule has 0 spiro atoms. The summed E-state index contributed by atoms with van der Waals surface area (Å²) in [6.07, 6.45) is 4.10. The van der Waals surface area contributed by atoms with Crippen molar-refractivity contribution in [2.45, 2.75) is 64.6 Å². The summed E-state index contributed by atoms with van der Waals surface area (Å²) in [5.41, 5.74) is 0.549. The smallest absolute Gasteiger partial charge is 0.0221 e. The number of hydrogen-bond donors (Lipinski definition) is 1. The van der Waals surface area contributed by atoms with E-state index in [1.54, 1.807) is 0 Å². The number of rotatable bonds is 3. The summed E-state index contributed by atoms with van der Waals surface area (Å²) in [6, 6.07) is 1.43. The molecule has 1 saturated heterocycles. The normalized spacial score (nSPS) is 37.6. The predicted molar refractivity (Wildman–Crippen MR) is 65.1 cm³/mol. The van der Waals surface area contributed by atoms with Crippen LogP contribution in [0, 0.1) is 5.92 Å². The molecule has 2 heteroatoms. The van der Waals surface area contributed by atoms with Gasteiger partial charge < -0.3 is 5.32 Å². The average molecular weight is 210 g/mol. The molecule has 0 aromatic carbocycles. The standard InChI is InChI=1S/C13H26N2/c1-5-10(2)12-9-15(11(3)8-14-12)13(4)6-7-13/h10-12,14H,5-9H2,1-4H3. The third-order valence-corrected chi connectivity index (χ3v) is 4.60. The molecule has 88 valence electrons. The van der Waals surface area contributed by atoms with Crippen molar-refractivity contribution in [1.82, 2.24) is 10.2 Å². The minimum atomic E-state index is 0.549. The number of hydrogen-bond acceptors (Lipinski definition) is 2. The van der Waals surface area contributed by atoms with Gasteiger partial charge in [0.25, 0.3) is 0 Å². The van der Waals surface area contributed by atoms with Crippen molar-refractivity contribution in [2.24, 2.45) is 5.92 Å². The molecule has 0 aromatic rings. The third-order valence-electron chi connectivity index (χ3n) is 4.60. The molecule has 2 aliphatic rings. The molecule has 1 aliphatic heterocycles. The fourth-order valence-corrected chi connectivity index (χ4v) is 2.77. The second-order valence-electron chi connectivity index (χ2n) is 5.90. The fourth-order valence-electron chi connectivity index (χ4n) is 2.77. The largest absolute Gasteiger partial charge is 0.311 e. The van der Waals surface area contributed by atoms with Crippen LogP contribution in [0.2, 0.25) is 0 Å². The van der Waals surface area contributed by atoms with Gasteiger partial charge in [-0.25, -0.2) is 0 Å². The lowest BCUT2D eigenvalue weighted by atomic mass is 9.94. The van der Waals surface area contributed by atoms with E-state index in [0.29, 0.717) is 11.6 Å². The molecule has 1 aliphatic carbocycles. The Morgan fingerprint density at radius 3 is 2.67 bits per heavy atom. The third kappa shape index (κ3) is 2.21. The summed E-state index contributed by atoms with van der Waals surface area (Å²) < 4.78 is 0. The van der Waals surface area contributed by atoms with Gasteiger partial charge in [0.15, 0.2) is 0 Å². The molecule has 2 nitrogen and oxygen atoms in total. The van der Waals surface area contributed by atoms with Crippen LogP contribution in [0.3, 0.4) is 0 Å². The van der Waals surface area contributed by atoms with Crippen molar-refractivity contribution in [2.75, 3.05) is 13.1 Å². The predicted octanol–water partition coefficient (Wildman–Crippen LogP) is 2.25. The summed E-state index contributed by atoms with van der Waals surface area (Å²) >= 11 is 0. The lowest BCUT2D eigenvalue weighted by molar-refractivity contribution is 0.0704.